The molecule has 2 N–H and O–H groups in total. The van der Waals surface area contributed by atoms with Crippen molar-refractivity contribution in [3.63, 3.8) is 0 Å². The monoisotopic (exact) mass is 468 g/mol. The molecule has 0 bridgehead atoms. The average Bonchev–Trinajstić information content (AvgIpc) is 3.33. The Bertz CT molecular complexity index is 956. The minimum absolute atomic E-state index is 0. The Morgan fingerprint density at radius 1 is 0.588 bits per heavy atom. The van der Waals surface area contributed by atoms with Gasteiger partial charge in [0.05, 0.1) is 12.2 Å². The van der Waals surface area contributed by atoms with Gasteiger partial charge < -0.3 is 29.2 Å². The Kier molecular flexibility index (Phi) is 11.7. The van der Waals surface area contributed by atoms with Gasteiger partial charge in [-0.15, -0.1) is 0 Å². The number of rotatable bonds is 2. The van der Waals surface area contributed by atoms with Gasteiger partial charge in [-0.05, 0) is 39.5 Å². The fourth-order valence-corrected chi connectivity index (χ4v) is 3.19. The summed E-state index contributed by atoms with van der Waals surface area (Å²) >= 11 is 0. The number of aliphatic hydroxyl groups is 2. The van der Waals surface area contributed by atoms with E-state index in [2.05, 4.69) is 43.0 Å². The second kappa shape index (κ2) is 13.6. The summed E-state index contributed by atoms with van der Waals surface area (Å²) in [6.45, 7) is 8.14. The number of hydrogen-bond donors (Lipinski definition) is 2. The van der Waals surface area contributed by atoms with E-state index in [-0.39, 0.29) is 33.4 Å². The van der Waals surface area contributed by atoms with E-state index in [0.717, 1.165) is 16.7 Å². The highest BCUT2D eigenvalue weighted by Crippen LogP contribution is 2.31. The highest BCUT2D eigenvalue weighted by molar-refractivity contribution is 5.25. The van der Waals surface area contributed by atoms with Gasteiger partial charge in [-0.1, -0.05) is 74.5 Å². The number of hydrogen-bond acceptors (Lipinski definition) is 6. The smallest absolute Gasteiger partial charge is 0.187 e. The van der Waals surface area contributed by atoms with E-state index in [1.54, 1.807) is 12.2 Å². The van der Waals surface area contributed by atoms with E-state index in [9.17, 15) is 0 Å². The molecule has 0 amide bonds. The van der Waals surface area contributed by atoms with Crippen molar-refractivity contribution < 1.29 is 29.2 Å². The largest absolute Gasteiger partial charge is 0.462 e. The lowest BCUT2D eigenvalue weighted by Crippen LogP contribution is -2.18. The molecule has 184 valence electrons. The maximum absolute atomic E-state index is 8.60. The molecule has 0 saturated carbocycles. The average molecular weight is 469 g/mol. The standard InChI is InChI=1S/C14H12O4.C12H16O2.2CH4/c1-10-2-4-11(5-3-10)14-17-12(6-8-15)13(18-14)7-9-16;1-8-4-6-11(7-5-8)12-13-9(2)10(3)14-12;;/h2-5,12-16H,1H3;4-7,9-10,12H,1-3H3;2*1H4/t;9-,10-;;/m.0../s1. The molecule has 2 heterocycles. The highest BCUT2D eigenvalue weighted by atomic mass is 16.7. The zero-order chi connectivity index (χ0) is 23.1. The minimum Gasteiger partial charge on any atom is -0.462 e. The molecule has 34 heavy (non-hydrogen) atoms. The van der Waals surface area contributed by atoms with Crippen LogP contribution in [0.5, 0.6) is 0 Å². The van der Waals surface area contributed by atoms with Crippen LogP contribution in [-0.2, 0) is 18.9 Å². The Balaban J connectivity index is 0.000000329. The molecule has 6 heteroatoms. The van der Waals surface area contributed by atoms with E-state index < -0.39 is 18.5 Å². The Labute approximate surface area is 203 Å². The summed E-state index contributed by atoms with van der Waals surface area (Å²) in [6.07, 6.45) is 1.78. The third-order valence-electron chi connectivity index (χ3n) is 5.27. The predicted octanol–water partition coefficient (Wildman–Crippen LogP) is 5.53. The number of aryl methyl sites for hydroxylation is 2. The van der Waals surface area contributed by atoms with Crippen molar-refractivity contribution in [2.24, 2.45) is 0 Å². The molecule has 0 aliphatic carbocycles. The summed E-state index contributed by atoms with van der Waals surface area (Å²) in [5, 5.41) is 17.2. The molecule has 2 aromatic rings. The second-order valence-electron chi connectivity index (χ2n) is 7.79. The number of aliphatic hydroxyl groups excluding tert-OH is 2. The molecule has 2 aliphatic rings. The maximum atomic E-state index is 8.60. The van der Waals surface area contributed by atoms with Crippen LogP contribution in [0.4, 0.5) is 0 Å². The zero-order valence-corrected chi connectivity index (χ0v) is 18.6. The quantitative estimate of drug-likeness (QED) is 0.564. The van der Waals surface area contributed by atoms with Crippen molar-refractivity contribution in [1.82, 2.24) is 0 Å². The molecule has 2 saturated heterocycles. The molecule has 2 aliphatic heterocycles. The molecule has 4 atom stereocenters. The van der Waals surface area contributed by atoms with Gasteiger partial charge in [0.25, 0.3) is 0 Å². The van der Waals surface area contributed by atoms with Crippen molar-refractivity contribution in [3.05, 3.63) is 70.8 Å². The van der Waals surface area contributed by atoms with Gasteiger partial charge >= 0.3 is 0 Å². The van der Waals surface area contributed by atoms with Crippen LogP contribution < -0.4 is 0 Å². The number of ether oxygens (including phenoxy) is 4. The fourth-order valence-electron chi connectivity index (χ4n) is 3.19. The molecule has 0 spiro atoms. The van der Waals surface area contributed by atoms with Crippen LogP contribution in [0.2, 0.25) is 0 Å². The molecule has 4 rings (SSSR count). The van der Waals surface area contributed by atoms with Crippen LogP contribution in [0.25, 0.3) is 0 Å². The first-order chi connectivity index (χ1) is 15.4. The lowest BCUT2D eigenvalue weighted by Gasteiger charge is -2.09. The molecule has 2 fully saturated rings. The van der Waals surface area contributed by atoms with Gasteiger partial charge in [-0.3, -0.25) is 0 Å². The fraction of sp³-hybridized carbons (Fsp3) is 0.429. The van der Waals surface area contributed by atoms with Gasteiger partial charge in [0.15, 0.2) is 24.8 Å². The van der Waals surface area contributed by atoms with E-state index in [1.807, 2.05) is 45.0 Å². The molecular weight excluding hydrogens is 432 g/mol. The lowest BCUT2D eigenvalue weighted by molar-refractivity contribution is -0.0652. The second-order valence-corrected chi connectivity index (χ2v) is 7.79. The molecule has 0 radical (unpaired) electrons. The van der Waals surface area contributed by atoms with Gasteiger partial charge in [-0.2, -0.15) is 0 Å². The molecule has 6 nitrogen and oxygen atoms in total. The zero-order valence-electron chi connectivity index (χ0n) is 18.6. The molecule has 2 unspecified atom stereocenters. The Morgan fingerprint density at radius 2 is 0.912 bits per heavy atom. The first-order valence-electron chi connectivity index (χ1n) is 10.5. The summed E-state index contributed by atoms with van der Waals surface area (Å²) in [6, 6.07) is 15.9. The van der Waals surface area contributed by atoms with E-state index >= 15 is 0 Å². The van der Waals surface area contributed by atoms with E-state index in [4.69, 9.17) is 29.2 Å². The van der Waals surface area contributed by atoms with E-state index in [0.29, 0.717) is 0 Å². The third-order valence-corrected chi connectivity index (χ3v) is 5.27. The van der Waals surface area contributed by atoms with Gasteiger partial charge in [-0.25, -0.2) is 0 Å². The van der Waals surface area contributed by atoms with Crippen molar-refractivity contribution in [3.8, 4) is 24.1 Å². The Morgan fingerprint density at radius 3 is 1.24 bits per heavy atom. The van der Waals surface area contributed by atoms with Gasteiger partial charge in [0.1, 0.15) is 12.2 Å². The lowest BCUT2D eigenvalue weighted by atomic mass is 10.1. The van der Waals surface area contributed by atoms with Crippen LogP contribution in [0.1, 0.15) is 63.5 Å². The summed E-state index contributed by atoms with van der Waals surface area (Å²) in [5.74, 6) is 4.87. The van der Waals surface area contributed by atoms with Crippen LogP contribution in [0.15, 0.2) is 48.5 Å². The van der Waals surface area contributed by atoms with Crippen LogP contribution >= 0.6 is 0 Å². The molecule has 2 aromatic carbocycles. The SMILES string of the molecule is C.C.Cc1ccc(C2OC(C#CO)C(C#CO)O2)cc1.Cc1ccc(C2O[C@@H](C)[C@H](C)O2)cc1. The predicted molar refractivity (Wildman–Crippen MR) is 132 cm³/mol. The van der Waals surface area contributed by atoms with Gasteiger partial charge in [0.2, 0.25) is 0 Å². The third kappa shape index (κ3) is 7.52. The van der Waals surface area contributed by atoms with Crippen LogP contribution in [-0.4, -0.2) is 34.6 Å². The van der Waals surface area contributed by atoms with Crippen LogP contribution in [0, 0.1) is 37.9 Å². The summed E-state index contributed by atoms with van der Waals surface area (Å²) in [5.41, 5.74) is 4.34. The highest BCUT2D eigenvalue weighted by Gasteiger charge is 2.35. The Hall–Kier alpha value is -3.00. The maximum Gasteiger partial charge on any atom is 0.187 e. The topological polar surface area (TPSA) is 77.4 Å². The first-order valence-corrected chi connectivity index (χ1v) is 10.5. The first kappa shape index (κ1) is 29.0. The van der Waals surface area contributed by atoms with Gasteiger partial charge in [0, 0.05) is 11.1 Å². The summed E-state index contributed by atoms with van der Waals surface area (Å²) < 4.78 is 22.4. The van der Waals surface area contributed by atoms with Crippen molar-refractivity contribution in [2.75, 3.05) is 0 Å². The molecular formula is C28H36O6. The van der Waals surface area contributed by atoms with Crippen molar-refractivity contribution >= 4 is 0 Å². The number of benzene rings is 2. The normalized spacial score (nSPS) is 25.2. The van der Waals surface area contributed by atoms with Crippen molar-refractivity contribution in [1.29, 1.82) is 0 Å². The van der Waals surface area contributed by atoms with E-state index in [1.165, 1.54) is 5.56 Å². The van der Waals surface area contributed by atoms with Crippen molar-refractivity contribution in [2.45, 2.75) is 79.5 Å². The van der Waals surface area contributed by atoms with Crippen LogP contribution in [0.3, 0.4) is 0 Å². The summed E-state index contributed by atoms with van der Waals surface area (Å²) in [4.78, 5) is 0. The summed E-state index contributed by atoms with van der Waals surface area (Å²) in [7, 11) is 0. The molecule has 0 aromatic heterocycles. The minimum atomic E-state index is -0.680.